The number of aliphatic hydroxyl groups is 3. The highest BCUT2D eigenvalue weighted by Gasteiger charge is 2.41. The number of likely N-dealkylation sites (tertiary alicyclic amines) is 1. The second-order valence-corrected chi connectivity index (χ2v) is 11.1. The van der Waals surface area contributed by atoms with Gasteiger partial charge in [0.2, 0.25) is 0 Å². The standard InChI is InChI=1S/C9H17NO3.2C7H14O/c1-8(2,3)13-7(11)10-5-9(4,12)6-10;2*1-6(2)7(8)4-3-5-7/h12H,5-6H2,1-4H3;2*6,8H,3-5H2,1-2H3. The molecule has 0 bridgehead atoms. The molecule has 2 aliphatic carbocycles. The van der Waals surface area contributed by atoms with Crippen molar-refractivity contribution in [2.45, 2.75) is 116 Å². The van der Waals surface area contributed by atoms with Crippen LogP contribution in [0.25, 0.3) is 0 Å². The molecule has 6 heteroatoms. The number of ether oxygens (including phenoxy) is 1. The molecule has 3 aliphatic rings. The molecule has 0 aromatic heterocycles. The normalized spacial score (nSPS) is 23.4. The van der Waals surface area contributed by atoms with Crippen LogP contribution < -0.4 is 0 Å². The molecular formula is C23H45NO5. The largest absolute Gasteiger partial charge is 0.444 e. The second-order valence-electron chi connectivity index (χ2n) is 11.1. The minimum atomic E-state index is -0.725. The monoisotopic (exact) mass is 415 g/mol. The van der Waals surface area contributed by atoms with Crippen molar-refractivity contribution in [3.8, 4) is 0 Å². The maximum Gasteiger partial charge on any atom is 0.410 e. The highest BCUT2D eigenvalue weighted by molar-refractivity contribution is 5.69. The lowest BCUT2D eigenvalue weighted by Gasteiger charge is -2.44. The molecule has 1 heterocycles. The third kappa shape index (κ3) is 8.06. The molecular weight excluding hydrogens is 370 g/mol. The van der Waals surface area contributed by atoms with Gasteiger partial charge in [-0.25, -0.2) is 4.79 Å². The van der Waals surface area contributed by atoms with Gasteiger partial charge < -0.3 is 25.0 Å². The van der Waals surface area contributed by atoms with Crippen molar-refractivity contribution in [3.63, 3.8) is 0 Å². The molecule has 3 rings (SSSR count). The van der Waals surface area contributed by atoms with Crippen molar-refractivity contribution in [1.82, 2.24) is 4.90 Å². The van der Waals surface area contributed by atoms with Crippen molar-refractivity contribution in [3.05, 3.63) is 0 Å². The highest BCUT2D eigenvalue weighted by Crippen LogP contribution is 2.38. The lowest BCUT2D eigenvalue weighted by Crippen LogP contribution is -2.62. The highest BCUT2D eigenvalue weighted by atomic mass is 16.6. The molecule has 0 radical (unpaired) electrons. The van der Waals surface area contributed by atoms with Crippen LogP contribution in [0.4, 0.5) is 4.79 Å². The predicted molar refractivity (Wildman–Crippen MR) is 116 cm³/mol. The summed E-state index contributed by atoms with van der Waals surface area (Å²) in [5.74, 6) is 0.910. The fourth-order valence-electron chi connectivity index (χ4n) is 3.46. The third-order valence-corrected chi connectivity index (χ3v) is 6.30. The van der Waals surface area contributed by atoms with Gasteiger partial charge in [0.25, 0.3) is 0 Å². The first kappa shape index (κ1) is 26.2. The third-order valence-electron chi connectivity index (χ3n) is 6.30. The summed E-state index contributed by atoms with van der Waals surface area (Å²) in [6.07, 6.45) is 6.16. The van der Waals surface area contributed by atoms with Crippen molar-refractivity contribution < 1.29 is 24.9 Å². The lowest BCUT2D eigenvalue weighted by atomic mass is 9.73. The Morgan fingerprint density at radius 1 is 0.862 bits per heavy atom. The quantitative estimate of drug-likeness (QED) is 0.632. The Bertz CT molecular complexity index is 496. The maximum atomic E-state index is 11.3. The van der Waals surface area contributed by atoms with Crippen LogP contribution in [-0.2, 0) is 4.74 Å². The first-order valence-electron chi connectivity index (χ1n) is 11.1. The molecule has 0 aromatic rings. The van der Waals surface area contributed by atoms with Crippen LogP contribution in [0.3, 0.4) is 0 Å². The van der Waals surface area contributed by atoms with Crippen molar-refractivity contribution in [2.24, 2.45) is 11.8 Å². The van der Waals surface area contributed by atoms with E-state index in [1.807, 2.05) is 20.8 Å². The summed E-state index contributed by atoms with van der Waals surface area (Å²) in [5, 5.41) is 28.4. The summed E-state index contributed by atoms with van der Waals surface area (Å²) >= 11 is 0. The van der Waals surface area contributed by atoms with E-state index in [4.69, 9.17) is 4.74 Å². The number of carbonyl (C=O) groups is 1. The SMILES string of the molecule is CC(C)C1(O)CCC1.CC(C)C1(O)CCC1.CC1(O)CN(C(=O)OC(C)(C)C)C1. The average Bonchev–Trinajstić information content (AvgIpc) is 2.47. The summed E-state index contributed by atoms with van der Waals surface area (Å²) in [6.45, 7) is 16.2. The van der Waals surface area contributed by atoms with Crippen LogP contribution in [0.5, 0.6) is 0 Å². The first-order chi connectivity index (χ1) is 13.0. The zero-order valence-electron chi connectivity index (χ0n) is 19.9. The number of hydrogen-bond acceptors (Lipinski definition) is 5. The van der Waals surface area contributed by atoms with Crippen LogP contribution in [-0.4, -0.2) is 61.8 Å². The summed E-state index contributed by atoms with van der Waals surface area (Å²) in [5.41, 5.74) is -1.74. The molecule has 6 nitrogen and oxygen atoms in total. The molecule has 1 saturated heterocycles. The number of nitrogens with zero attached hydrogens (tertiary/aromatic N) is 1. The minimum Gasteiger partial charge on any atom is -0.444 e. The molecule has 29 heavy (non-hydrogen) atoms. The predicted octanol–water partition coefficient (Wildman–Crippen LogP) is 4.10. The number of carbonyl (C=O) groups excluding carboxylic acids is 1. The van der Waals surface area contributed by atoms with E-state index in [0.29, 0.717) is 24.9 Å². The van der Waals surface area contributed by atoms with E-state index < -0.39 is 11.2 Å². The Kier molecular flexibility index (Phi) is 8.60. The molecule has 1 aliphatic heterocycles. The van der Waals surface area contributed by atoms with Gasteiger partial charge in [-0.1, -0.05) is 27.7 Å². The molecule has 1 amide bonds. The topological polar surface area (TPSA) is 90.2 Å². The number of β-amino-alcohol motifs (C(OH)–C–C–N with tert-alkyl or cyclic N) is 1. The zero-order chi connectivity index (χ0) is 22.7. The van der Waals surface area contributed by atoms with Gasteiger partial charge in [-0.05, 0) is 78.1 Å². The maximum absolute atomic E-state index is 11.3. The number of rotatable bonds is 2. The van der Waals surface area contributed by atoms with Crippen molar-refractivity contribution in [1.29, 1.82) is 0 Å². The van der Waals surface area contributed by atoms with E-state index in [2.05, 4.69) is 27.7 Å². The van der Waals surface area contributed by atoms with Gasteiger partial charge in [0.05, 0.1) is 29.9 Å². The Balaban J connectivity index is 0.000000228. The number of amides is 1. The van der Waals surface area contributed by atoms with E-state index in [0.717, 1.165) is 25.7 Å². The van der Waals surface area contributed by atoms with E-state index in [1.165, 1.54) is 17.7 Å². The molecule has 0 atom stereocenters. The molecule has 172 valence electrons. The summed E-state index contributed by atoms with van der Waals surface area (Å²) in [4.78, 5) is 12.8. The Morgan fingerprint density at radius 3 is 1.34 bits per heavy atom. The van der Waals surface area contributed by atoms with Gasteiger partial charge in [-0.3, -0.25) is 0 Å². The van der Waals surface area contributed by atoms with E-state index in [1.54, 1.807) is 6.92 Å². The minimum absolute atomic E-state index is 0.278. The van der Waals surface area contributed by atoms with E-state index in [9.17, 15) is 20.1 Å². The van der Waals surface area contributed by atoms with E-state index >= 15 is 0 Å². The van der Waals surface area contributed by atoms with E-state index in [-0.39, 0.29) is 17.3 Å². The average molecular weight is 416 g/mol. The smallest absolute Gasteiger partial charge is 0.410 e. The molecule has 3 fully saturated rings. The summed E-state index contributed by atoms with van der Waals surface area (Å²) < 4.78 is 5.11. The summed E-state index contributed by atoms with van der Waals surface area (Å²) in [7, 11) is 0. The van der Waals surface area contributed by atoms with Gasteiger partial charge in [-0.15, -0.1) is 0 Å². The Labute approximate surface area is 177 Å². The van der Waals surface area contributed by atoms with Gasteiger partial charge in [-0.2, -0.15) is 0 Å². The zero-order valence-corrected chi connectivity index (χ0v) is 19.9. The van der Waals surface area contributed by atoms with Crippen LogP contribution in [0.15, 0.2) is 0 Å². The molecule has 0 aromatic carbocycles. The van der Waals surface area contributed by atoms with Crippen LogP contribution in [0, 0.1) is 11.8 Å². The molecule has 0 unspecified atom stereocenters. The van der Waals surface area contributed by atoms with Gasteiger partial charge in [0.1, 0.15) is 5.60 Å². The van der Waals surface area contributed by atoms with Crippen LogP contribution in [0.2, 0.25) is 0 Å². The van der Waals surface area contributed by atoms with Gasteiger partial charge in [0, 0.05) is 0 Å². The lowest BCUT2D eigenvalue weighted by molar-refractivity contribution is -0.0864. The van der Waals surface area contributed by atoms with Crippen molar-refractivity contribution >= 4 is 6.09 Å². The molecule has 3 N–H and O–H groups in total. The summed E-state index contributed by atoms with van der Waals surface area (Å²) in [6, 6.07) is 0. The number of hydrogen-bond donors (Lipinski definition) is 3. The fraction of sp³-hybridized carbons (Fsp3) is 0.957. The van der Waals surface area contributed by atoms with Crippen LogP contribution >= 0.6 is 0 Å². The fourth-order valence-corrected chi connectivity index (χ4v) is 3.46. The first-order valence-corrected chi connectivity index (χ1v) is 11.1. The van der Waals surface area contributed by atoms with Gasteiger partial charge in [0.15, 0.2) is 0 Å². The van der Waals surface area contributed by atoms with Crippen molar-refractivity contribution in [2.75, 3.05) is 13.1 Å². The Morgan fingerprint density at radius 2 is 1.21 bits per heavy atom. The molecule has 2 saturated carbocycles. The van der Waals surface area contributed by atoms with Gasteiger partial charge >= 0.3 is 6.09 Å². The second kappa shape index (κ2) is 9.52. The Hall–Kier alpha value is -0.850. The molecule has 0 spiro atoms. The van der Waals surface area contributed by atoms with Crippen LogP contribution in [0.1, 0.15) is 93.9 Å².